The first kappa shape index (κ1) is 17.2. The lowest BCUT2D eigenvalue weighted by Crippen LogP contribution is -2.28. The number of rotatable bonds is 4. The van der Waals surface area contributed by atoms with E-state index in [1.54, 1.807) is 24.3 Å². The Morgan fingerprint density at radius 1 is 1.15 bits per heavy atom. The first-order chi connectivity index (χ1) is 13.2. The summed E-state index contributed by atoms with van der Waals surface area (Å²) in [5.74, 6) is 1.31. The average molecular weight is 368 g/mol. The van der Waals surface area contributed by atoms with Crippen LogP contribution in [-0.2, 0) is 24.1 Å². The van der Waals surface area contributed by atoms with Gasteiger partial charge in [0.15, 0.2) is 0 Å². The summed E-state index contributed by atoms with van der Waals surface area (Å²) in [6.07, 6.45) is 1.66. The van der Waals surface area contributed by atoms with Gasteiger partial charge in [0, 0.05) is 41.8 Å². The number of ether oxygens (including phenoxy) is 3. The van der Waals surface area contributed by atoms with Crippen LogP contribution in [0.5, 0.6) is 11.5 Å². The molecule has 2 heterocycles. The maximum Gasteiger partial charge on any atom is 0.337 e. The van der Waals surface area contributed by atoms with E-state index >= 15 is 0 Å². The highest BCUT2D eigenvalue weighted by Crippen LogP contribution is 2.40. The molecule has 2 aromatic rings. The zero-order chi connectivity index (χ0) is 18.8. The van der Waals surface area contributed by atoms with Crippen molar-refractivity contribution in [2.75, 3.05) is 25.6 Å². The SMILES string of the molecule is COC(=O)c1cccc(NC(=O)NCc2c3c(cc4c2OCC4)OCC3)c1. The van der Waals surface area contributed by atoms with Gasteiger partial charge in [-0.1, -0.05) is 6.07 Å². The van der Waals surface area contributed by atoms with Gasteiger partial charge in [-0.2, -0.15) is 0 Å². The van der Waals surface area contributed by atoms with E-state index in [4.69, 9.17) is 14.2 Å². The van der Waals surface area contributed by atoms with E-state index in [1.165, 1.54) is 7.11 Å². The van der Waals surface area contributed by atoms with Crippen LogP contribution in [0.25, 0.3) is 0 Å². The Labute approximate surface area is 156 Å². The number of urea groups is 1. The fourth-order valence-electron chi connectivity index (χ4n) is 3.46. The predicted molar refractivity (Wildman–Crippen MR) is 98.5 cm³/mol. The van der Waals surface area contributed by atoms with Gasteiger partial charge in [-0.3, -0.25) is 0 Å². The molecule has 140 valence electrons. The van der Waals surface area contributed by atoms with Gasteiger partial charge in [0.05, 0.1) is 25.9 Å². The molecule has 0 spiro atoms. The number of carbonyl (C=O) groups is 2. The van der Waals surface area contributed by atoms with Crippen LogP contribution in [0.1, 0.15) is 27.0 Å². The Hall–Kier alpha value is -3.22. The van der Waals surface area contributed by atoms with Gasteiger partial charge < -0.3 is 24.8 Å². The number of esters is 1. The highest BCUT2D eigenvalue weighted by atomic mass is 16.5. The van der Waals surface area contributed by atoms with Crippen LogP contribution < -0.4 is 20.1 Å². The first-order valence-corrected chi connectivity index (χ1v) is 8.82. The van der Waals surface area contributed by atoms with Crippen molar-refractivity contribution >= 4 is 17.7 Å². The average Bonchev–Trinajstić information content (AvgIpc) is 3.33. The third-order valence-corrected chi connectivity index (χ3v) is 4.73. The Bertz CT molecular complexity index is 877. The van der Waals surface area contributed by atoms with Crippen molar-refractivity contribution in [3.05, 3.63) is 52.6 Å². The summed E-state index contributed by atoms with van der Waals surface area (Å²) in [4.78, 5) is 23.9. The molecule has 0 radical (unpaired) electrons. The lowest BCUT2D eigenvalue weighted by atomic mass is 9.99. The van der Waals surface area contributed by atoms with Crippen LogP contribution in [0.15, 0.2) is 30.3 Å². The Balaban J connectivity index is 1.46. The molecule has 0 saturated carbocycles. The van der Waals surface area contributed by atoms with Gasteiger partial charge in [0.25, 0.3) is 0 Å². The van der Waals surface area contributed by atoms with Crippen molar-refractivity contribution in [3.8, 4) is 11.5 Å². The zero-order valence-corrected chi connectivity index (χ0v) is 15.0. The van der Waals surface area contributed by atoms with Crippen LogP contribution in [0.3, 0.4) is 0 Å². The first-order valence-electron chi connectivity index (χ1n) is 8.82. The molecule has 2 aliphatic heterocycles. The number of amides is 2. The summed E-state index contributed by atoms with van der Waals surface area (Å²) in [6.45, 7) is 1.65. The van der Waals surface area contributed by atoms with E-state index in [1.807, 2.05) is 6.07 Å². The van der Waals surface area contributed by atoms with Crippen molar-refractivity contribution in [2.24, 2.45) is 0 Å². The van der Waals surface area contributed by atoms with Crippen molar-refractivity contribution in [1.29, 1.82) is 0 Å². The van der Waals surface area contributed by atoms with Gasteiger partial charge in [0.1, 0.15) is 11.5 Å². The summed E-state index contributed by atoms with van der Waals surface area (Å²) < 4.78 is 16.2. The Morgan fingerprint density at radius 2 is 2.00 bits per heavy atom. The number of hydrogen-bond acceptors (Lipinski definition) is 5. The minimum absolute atomic E-state index is 0.345. The quantitative estimate of drug-likeness (QED) is 0.811. The Morgan fingerprint density at radius 3 is 2.85 bits per heavy atom. The number of anilines is 1. The second-order valence-electron chi connectivity index (χ2n) is 6.40. The monoisotopic (exact) mass is 368 g/mol. The second-order valence-corrected chi connectivity index (χ2v) is 6.40. The van der Waals surface area contributed by atoms with Crippen LogP contribution in [0.4, 0.5) is 10.5 Å². The van der Waals surface area contributed by atoms with Gasteiger partial charge in [0.2, 0.25) is 0 Å². The Kier molecular flexibility index (Phi) is 4.58. The van der Waals surface area contributed by atoms with Gasteiger partial charge >= 0.3 is 12.0 Å². The van der Waals surface area contributed by atoms with E-state index in [-0.39, 0.29) is 6.03 Å². The zero-order valence-electron chi connectivity index (χ0n) is 15.0. The van der Waals surface area contributed by atoms with Crippen LogP contribution in [0.2, 0.25) is 0 Å². The van der Waals surface area contributed by atoms with E-state index in [2.05, 4.69) is 10.6 Å². The normalized spacial score (nSPS) is 13.8. The molecule has 0 unspecified atom stereocenters. The second kappa shape index (κ2) is 7.19. The highest BCUT2D eigenvalue weighted by Gasteiger charge is 2.26. The molecular weight excluding hydrogens is 348 g/mol. The lowest BCUT2D eigenvalue weighted by Gasteiger charge is -2.14. The highest BCUT2D eigenvalue weighted by molar-refractivity contribution is 5.93. The third-order valence-electron chi connectivity index (χ3n) is 4.73. The van der Waals surface area contributed by atoms with Crippen molar-refractivity contribution in [1.82, 2.24) is 5.32 Å². The maximum absolute atomic E-state index is 12.3. The lowest BCUT2D eigenvalue weighted by molar-refractivity contribution is 0.0600. The van der Waals surface area contributed by atoms with Crippen LogP contribution >= 0.6 is 0 Å². The number of nitrogens with one attached hydrogen (secondary N) is 2. The largest absolute Gasteiger partial charge is 0.493 e. The molecule has 2 N–H and O–H groups in total. The van der Waals surface area contributed by atoms with E-state index in [0.29, 0.717) is 31.0 Å². The molecule has 0 bridgehead atoms. The molecule has 0 fully saturated rings. The van der Waals surface area contributed by atoms with Crippen LogP contribution in [0, 0.1) is 0 Å². The molecule has 0 atom stereocenters. The van der Waals surface area contributed by atoms with Gasteiger partial charge in [-0.05, 0) is 24.3 Å². The van der Waals surface area contributed by atoms with E-state index in [9.17, 15) is 9.59 Å². The molecule has 2 aromatic carbocycles. The summed E-state index contributed by atoms with van der Waals surface area (Å²) in [6, 6.07) is 8.28. The summed E-state index contributed by atoms with van der Waals surface area (Å²) in [5.41, 5.74) is 4.09. The minimum atomic E-state index is -0.452. The molecule has 0 aliphatic carbocycles. The van der Waals surface area contributed by atoms with E-state index in [0.717, 1.165) is 41.0 Å². The predicted octanol–water partition coefficient (Wildman–Crippen LogP) is 2.66. The van der Waals surface area contributed by atoms with Crippen molar-refractivity contribution < 1.29 is 23.8 Å². The number of hydrogen-bond donors (Lipinski definition) is 2. The molecule has 0 aromatic heterocycles. The number of benzene rings is 2. The van der Waals surface area contributed by atoms with E-state index < -0.39 is 5.97 Å². The molecule has 4 rings (SSSR count). The minimum Gasteiger partial charge on any atom is -0.493 e. The van der Waals surface area contributed by atoms with Gasteiger partial charge in [-0.25, -0.2) is 9.59 Å². The fourth-order valence-corrected chi connectivity index (χ4v) is 3.46. The standard InChI is InChI=1S/C20H20N2O5/c1-25-19(23)13-3-2-4-14(9-13)22-20(24)21-11-16-15-6-8-26-17(15)10-12-5-7-27-18(12)16/h2-4,9-10H,5-8,11H2,1H3,(H2,21,22,24). The maximum atomic E-state index is 12.3. The summed E-state index contributed by atoms with van der Waals surface area (Å²) >= 11 is 0. The van der Waals surface area contributed by atoms with Crippen LogP contribution in [-0.4, -0.2) is 32.3 Å². The number of methoxy groups -OCH3 is 1. The van der Waals surface area contributed by atoms with Crippen molar-refractivity contribution in [2.45, 2.75) is 19.4 Å². The summed E-state index contributed by atoms with van der Waals surface area (Å²) in [5, 5.41) is 5.60. The van der Waals surface area contributed by atoms with Gasteiger partial charge in [-0.15, -0.1) is 0 Å². The number of carbonyl (C=O) groups excluding carboxylic acids is 2. The molecule has 27 heavy (non-hydrogen) atoms. The number of fused-ring (bicyclic) bond motifs is 2. The third kappa shape index (κ3) is 3.40. The molecule has 7 nitrogen and oxygen atoms in total. The smallest absolute Gasteiger partial charge is 0.337 e. The van der Waals surface area contributed by atoms with Crippen molar-refractivity contribution in [3.63, 3.8) is 0 Å². The fraction of sp³-hybridized carbons (Fsp3) is 0.300. The topological polar surface area (TPSA) is 85.9 Å². The molecule has 7 heteroatoms. The molecule has 0 saturated heterocycles. The molecule has 2 amide bonds. The molecular formula is C20H20N2O5. The summed E-state index contributed by atoms with van der Waals surface area (Å²) in [7, 11) is 1.32. The molecule has 2 aliphatic rings.